The van der Waals surface area contributed by atoms with E-state index in [9.17, 15) is 0 Å². The highest BCUT2D eigenvalue weighted by Gasteiger charge is 2.14. The van der Waals surface area contributed by atoms with E-state index >= 15 is 0 Å². The summed E-state index contributed by atoms with van der Waals surface area (Å²) in [7, 11) is 0. The Balaban J connectivity index is 1.67. The zero-order valence-electron chi connectivity index (χ0n) is 13.8. The molecule has 118 valence electrons. The van der Waals surface area contributed by atoms with E-state index in [4.69, 9.17) is 4.74 Å². The van der Waals surface area contributed by atoms with Crippen LogP contribution in [-0.4, -0.2) is 49.8 Å². The molecule has 0 amide bonds. The second-order valence-corrected chi connectivity index (χ2v) is 6.41. The maximum Gasteiger partial charge on any atom is 0.0594 e. The summed E-state index contributed by atoms with van der Waals surface area (Å²) in [6.07, 6.45) is 2.34. The van der Waals surface area contributed by atoms with Crippen LogP contribution in [0.15, 0.2) is 24.3 Å². The fourth-order valence-electron chi connectivity index (χ4n) is 3.04. The third kappa shape index (κ3) is 6.16. The molecule has 1 aromatic carbocycles. The smallest absolute Gasteiger partial charge is 0.0594 e. The van der Waals surface area contributed by atoms with Gasteiger partial charge in [0, 0.05) is 31.7 Å². The van der Waals surface area contributed by atoms with Crippen molar-refractivity contribution < 1.29 is 4.74 Å². The van der Waals surface area contributed by atoms with Crippen molar-refractivity contribution >= 4 is 0 Å². The molecule has 21 heavy (non-hydrogen) atoms. The summed E-state index contributed by atoms with van der Waals surface area (Å²) in [5.41, 5.74) is 2.80. The van der Waals surface area contributed by atoms with Crippen LogP contribution in [0.5, 0.6) is 0 Å². The SMILES string of the molecule is Cc1cccc(CCC(C)NC(C)CN2CCOCC2)c1. The maximum absolute atomic E-state index is 5.40. The molecule has 1 aromatic rings. The van der Waals surface area contributed by atoms with Gasteiger partial charge in [-0.25, -0.2) is 0 Å². The number of morpholine rings is 1. The van der Waals surface area contributed by atoms with Crippen LogP contribution < -0.4 is 5.32 Å². The zero-order valence-corrected chi connectivity index (χ0v) is 13.8. The Labute approximate surface area is 129 Å². The molecule has 2 rings (SSSR count). The number of hydrogen-bond acceptors (Lipinski definition) is 3. The number of benzene rings is 1. The molecule has 0 spiro atoms. The molecule has 1 saturated heterocycles. The van der Waals surface area contributed by atoms with Crippen molar-refractivity contribution in [2.75, 3.05) is 32.8 Å². The van der Waals surface area contributed by atoms with Crippen LogP contribution in [0.4, 0.5) is 0 Å². The van der Waals surface area contributed by atoms with Crippen LogP contribution in [0.3, 0.4) is 0 Å². The number of nitrogens with one attached hydrogen (secondary N) is 1. The van der Waals surface area contributed by atoms with Crippen LogP contribution >= 0.6 is 0 Å². The Morgan fingerprint density at radius 2 is 1.95 bits per heavy atom. The molecule has 1 N–H and O–H groups in total. The van der Waals surface area contributed by atoms with Gasteiger partial charge in [0.15, 0.2) is 0 Å². The van der Waals surface area contributed by atoms with Crippen molar-refractivity contribution in [3.05, 3.63) is 35.4 Å². The largest absolute Gasteiger partial charge is 0.379 e. The second-order valence-electron chi connectivity index (χ2n) is 6.41. The molecule has 0 radical (unpaired) electrons. The second kappa shape index (κ2) is 8.52. The van der Waals surface area contributed by atoms with Gasteiger partial charge >= 0.3 is 0 Å². The molecule has 1 aliphatic heterocycles. The van der Waals surface area contributed by atoms with E-state index in [1.54, 1.807) is 0 Å². The normalized spacial score (nSPS) is 19.4. The van der Waals surface area contributed by atoms with E-state index in [0.717, 1.165) is 39.3 Å². The lowest BCUT2D eigenvalue weighted by Gasteiger charge is -2.30. The van der Waals surface area contributed by atoms with Gasteiger partial charge in [-0.15, -0.1) is 0 Å². The van der Waals surface area contributed by atoms with Gasteiger partial charge in [0.25, 0.3) is 0 Å². The van der Waals surface area contributed by atoms with Crippen LogP contribution in [0.2, 0.25) is 0 Å². The van der Waals surface area contributed by atoms with Gasteiger partial charge in [-0.05, 0) is 39.2 Å². The summed E-state index contributed by atoms with van der Waals surface area (Å²) in [5.74, 6) is 0. The molecule has 1 fully saturated rings. The Morgan fingerprint density at radius 3 is 2.67 bits per heavy atom. The highest BCUT2D eigenvalue weighted by molar-refractivity contribution is 5.22. The first-order valence-electron chi connectivity index (χ1n) is 8.25. The number of hydrogen-bond donors (Lipinski definition) is 1. The summed E-state index contributed by atoms with van der Waals surface area (Å²) < 4.78 is 5.40. The van der Waals surface area contributed by atoms with Gasteiger partial charge in [-0.2, -0.15) is 0 Å². The van der Waals surface area contributed by atoms with Crippen molar-refractivity contribution in [2.24, 2.45) is 0 Å². The van der Waals surface area contributed by atoms with Crippen molar-refractivity contribution in [1.82, 2.24) is 10.2 Å². The molecular formula is C18H30N2O. The van der Waals surface area contributed by atoms with Gasteiger partial charge in [0.2, 0.25) is 0 Å². The van der Waals surface area contributed by atoms with E-state index in [-0.39, 0.29) is 0 Å². The van der Waals surface area contributed by atoms with E-state index in [1.165, 1.54) is 17.5 Å². The third-order valence-corrected chi connectivity index (χ3v) is 4.15. The Hall–Kier alpha value is -0.900. The quantitative estimate of drug-likeness (QED) is 0.835. The minimum Gasteiger partial charge on any atom is -0.379 e. The zero-order chi connectivity index (χ0) is 15.1. The van der Waals surface area contributed by atoms with Gasteiger partial charge in [0.1, 0.15) is 0 Å². The molecule has 1 heterocycles. The van der Waals surface area contributed by atoms with Crippen molar-refractivity contribution in [1.29, 1.82) is 0 Å². The average molecular weight is 290 g/mol. The summed E-state index contributed by atoms with van der Waals surface area (Å²) >= 11 is 0. The lowest BCUT2D eigenvalue weighted by atomic mass is 10.0. The Morgan fingerprint density at radius 1 is 1.19 bits per heavy atom. The number of rotatable bonds is 7. The van der Waals surface area contributed by atoms with Crippen molar-refractivity contribution in [3.8, 4) is 0 Å². The lowest BCUT2D eigenvalue weighted by Crippen LogP contribution is -2.46. The predicted octanol–water partition coefficient (Wildman–Crippen LogP) is 2.63. The minimum atomic E-state index is 0.538. The minimum absolute atomic E-state index is 0.538. The maximum atomic E-state index is 5.40. The Bertz CT molecular complexity index is 415. The van der Waals surface area contributed by atoms with Gasteiger partial charge in [0.05, 0.1) is 13.2 Å². The van der Waals surface area contributed by atoms with Crippen LogP contribution in [-0.2, 0) is 11.2 Å². The first-order valence-corrected chi connectivity index (χ1v) is 8.25. The Kier molecular flexibility index (Phi) is 6.68. The molecule has 3 nitrogen and oxygen atoms in total. The molecule has 1 aliphatic rings. The van der Waals surface area contributed by atoms with Gasteiger partial charge in [-0.1, -0.05) is 29.8 Å². The first kappa shape index (κ1) is 16.5. The molecule has 2 atom stereocenters. The molecule has 0 aliphatic carbocycles. The summed E-state index contributed by atoms with van der Waals surface area (Å²) in [4.78, 5) is 2.49. The van der Waals surface area contributed by atoms with Crippen LogP contribution in [0.25, 0.3) is 0 Å². The number of ether oxygens (including phenoxy) is 1. The summed E-state index contributed by atoms with van der Waals surface area (Å²) in [5, 5.41) is 3.73. The topological polar surface area (TPSA) is 24.5 Å². The molecule has 0 bridgehead atoms. The first-order chi connectivity index (χ1) is 10.1. The van der Waals surface area contributed by atoms with Gasteiger partial charge < -0.3 is 10.1 Å². The highest BCUT2D eigenvalue weighted by atomic mass is 16.5. The molecule has 0 aromatic heterocycles. The standard InChI is InChI=1S/C18H30N2O/c1-15-5-4-6-18(13-15)8-7-16(2)19-17(3)14-20-9-11-21-12-10-20/h4-6,13,16-17,19H,7-12,14H2,1-3H3. The third-order valence-electron chi connectivity index (χ3n) is 4.15. The van der Waals surface area contributed by atoms with Crippen molar-refractivity contribution in [3.63, 3.8) is 0 Å². The molecular weight excluding hydrogens is 260 g/mol. The monoisotopic (exact) mass is 290 g/mol. The molecule has 2 unspecified atom stereocenters. The van der Waals surface area contributed by atoms with Crippen molar-refractivity contribution in [2.45, 2.75) is 45.7 Å². The fraction of sp³-hybridized carbons (Fsp3) is 0.667. The highest BCUT2D eigenvalue weighted by Crippen LogP contribution is 2.08. The van der Waals surface area contributed by atoms with E-state index in [2.05, 4.69) is 55.3 Å². The molecule has 3 heteroatoms. The van der Waals surface area contributed by atoms with E-state index in [1.807, 2.05) is 0 Å². The fourth-order valence-corrected chi connectivity index (χ4v) is 3.04. The number of nitrogens with zero attached hydrogens (tertiary/aromatic N) is 1. The van der Waals surface area contributed by atoms with Crippen LogP contribution in [0.1, 0.15) is 31.4 Å². The van der Waals surface area contributed by atoms with E-state index in [0.29, 0.717) is 12.1 Å². The predicted molar refractivity (Wildman–Crippen MR) is 88.8 cm³/mol. The molecule has 0 saturated carbocycles. The van der Waals surface area contributed by atoms with Crippen LogP contribution in [0, 0.1) is 6.92 Å². The number of aryl methyl sites for hydroxylation is 2. The average Bonchev–Trinajstić information content (AvgIpc) is 2.46. The van der Waals surface area contributed by atoms with Gasteiger partial charge in [-0.3, -0.25) is 4.90 Å². The summed E-state index contributed by atoms with van der Waals surface area (Å²) in [6.45, 7) is 11.8. The summed E-state index contributed by atoms with van der Waals surface area (Å²) in [6, 6.07) is 9.94. The lowest BCUT2D eigenvalue weighted by molar-refractivity contribution is 0.0339. The van der Waals surface area contributed by atoms with E-state index < -0.39 is 0 Å².